The summed E-state index contributed by atoms with van der Waals surface area (Å²) in [6, 6.07) is 7.19. The molecule has 26 heavy (non-hydrogen) atoms. The lowest BCUT2D eigenvalue weighted by molar-refractivity contribution is -0.000389. The first kappa shape index (κ1) is 21.1. The van der Waals surface area contributed by atoms with Gasteiger partial charge in [0.15, 0.2) is 0 Å². The lowest BCUT2D eigenvalue weighted by Crippen LogP contribution is -2.40. The van der Waals surface area contributed by atoms with Crippen LogP contribution in [0.4, 0.5) is 0 Å². The molecule has 0 aliphatic carbocycles. The maximum atomic E-state index is 12.4. The maximum absolute atomic E-state index is 12.4. The van der Waals surface area contributed by atoms with Crippen LogP contribution >= 0.6 is 35.6 Å². The van der Waals surface area contributed by atoms with E-state index in [4.69, 9.17) is 38.1 Å². The van der Waals surface area contributed by atoms with E-state index in [0.717, 1.165) is 18.4 Å². The van der Waals surface area contributed by atoms with Crippen molar-refractivity contribution in [2.24, 2.45) is 5.73 Å². The number of halogens is 3. The molecule has 5 nitrogen and oxygen atoms in total. The minimum Gasteiger partial charge on any atom is -0.467 e. The van der Waals surface area contributed by atoms with Crippen molar-refractivity contribution >= 4 is 41.5 Å². The van der Waals surface area contributed by atoms with E-state index >= 15 is 0 Å². The Morgan fingerprint density at radius 2 is 1.96 bits per heavy atom. The number of hydrogen-bond donors (Lipinski definition) is 1. The first-order valence-corrected chi connectivity index (χ1v) is 8.94. The average Bonchev–Trinajstić information content (AvgIpc) is 3.12. The third-order valence-electron chi connectivity index (χ3n) is 4.30. The number of rotatable bonds is 5. The van der Waals surface area contributed by atoms with Crippen LogP contribution in [0, 0.1) is 0 Å². The van der Waals surface area contributed by atoms with Crippen LogP contribution < -0.4 is 5.73 Å². The third-order valence-corrected chi connectivity index (χ3v) is 5.04. The minimum atomic E-state index is -0.0219. The molecule has 1 aliphatic rings. The van der Waals surface area contributed by atoms with Crippen LogP contribution in [-0.2, 0) is 17.9 Å². The second kappa shape index (κ2) is 9.62. The number of benzene rings is 1. The number of ether oxygens (including phenoxy) is 1. The van der Waals surface area contributed by atoms with E-state index in [-0.39, 0.29) is 31.0 Å². The van der Waals surface area contributed by atoms with Crippen LogP contribution in [0.15, 0.2) is 34.9 Å². The van der Waals surface area contributed by atoms with E-state index in [1.54, 1.807) is 12.1 Å². The summed E-state index contributed by atoms with van der Waals surface area (Å²) in [6.45, 7) is 2.09. The van der Waals surface area contributed by atoms with E-state index in [0.29, 0.717) is 41.1 Å². The SMILES string of the molecule is Cl.NCc1cc(C(=O)N2CCC(OCc3ccc(Cl)c(Cl)c3)CC2)co1. The Labute approximate surface area is 168 Å². The number of piperidine rings is 1. The quantitative estimate of drug-likeness (QED) is 0.785. The number of amides is 1. The van der Waals surface area contributed by atoms with Crippen molar-refractivity contribution in [3.05, 3.63) is 57.5 Å². The van der Waals surface area contributed by atoms with Gasteiger partial charge >= 0.3 is 0 Å². The molecule has 0 atom stereocenters. The first-order chi connectivity index (χ1) is 12.1. The van der Waals surface area contributed by atoms with Gasteiger partial charge in [-0.15, -0.1) is 12.4 Å². The standard InChI is InChI=1S/C18H20Cl2N2O3.ClH/c19-16-2-1-12(7-17(16)20)10-24-14-3-5-22(6-4-14)18(23)13-8-15(9-21)25-11-13;/h1-2,7-8,11,14H,3-6,9-10,21H2;1H. The van der Waals surface area contributed by atoms with Crippen LogP contribution in [0.1, 0.15) is 34.5 Å². The molecule has 1 saturated heterocycles. The van der Waals surface area contributed by atoms with Crippen molar-refractivity contribution in [2.45, 2.75) is 32.1 Å². The van der Waals surface area contributed by atoms with E-state index in [2.05, 4.69) is 0 Å². The Bertz CT molecular complexity index is 743. The number of likely N-dealkylation sites (tertiary alicyclic amines) is 1. The molecule has 1 fully saturated rings. The lowest BCUT2D eigenvalue weighted by Gasteiger charge is -2.31. The smallest absolute Gasteiger partial charge is 0.257 e. The highest BCUT2D eigenvalue weighted by Crippen LogP contribution is 2.24. The molecule has 0 saturated carbocycles. The van der Waals surface area contributed by atoms with Gasteiger partial charge in [-0.25, -0.2) is 0 Å². The van der Waals surface area contributed by atoms with Gasteiger partial charge < -0.3 is 19.8 Å². The number of carbonyl (C=O) groups excluding carboxylic acids is 1. The zero-order valence-corrected chi connectivity index (χ0v) is 16.4. The molecule has 0 bridgehead atoms. The summed E-state index contributed by atoms with van der Waals surface area (Å²) in [4.78, 5) is 14.3. The van der Waals surface area contributed by atoms with Gasteiger partial charge in [0.25, 0.3) is 5.91 Å². The molecule has 2 aromatic rings. The Hall–Kier alpha value is -1.24. The van der Waals surface area contributed by atoms with Gasteiger partial charge in [0.05, 0.1) is 34.9 Å². The number of nitrogens with two attached hydrogens (primary N) is 1. The third kappa shape index (κ3) is 5.15. The molecule has 1 aromatic heterocycles. The second-order valence-electron chi connectivity index (χ2n) is 6.06. The predicted molar refractivity (Wildman–Crippen MR) is 104 cm³/mol. The topological polar surface area (TPSA) is 68.7 Å². The van der Waals surface area contributed by atoms with Gasteiger partial charge in [0.2, 0.25) is 0 Å². The number of nitrogens with zero attached hydrogens (tertiary/aromatic N) is 1. The summed E-state index contributed by atoms with van der Waals surface area (Å²) >= 11 is 11.9. The van der Waals surface area contributed by atoms with E-state index in [1.165, 1.54) is 6.26 Å². The fourth-order valence-electron chi connectivity index (χ4n) is 2.85. The normalized spacial score (nSPS) is 15.0. The Morgan fingerprint density at radius 1 is 1.23 bits per heavy atom. The zero-order chi connectivity index (χ0) is 17.8. The Balaban J connectivity index is 0.00000243. The fourth-order valence-corrected chi connectivity index (χ4v) is 3.17. The molecule has 3 rings (SSSR count). The lowest BCUT2D eigenvalue weighted by atomic mass is 10.1. The summed E-state index contributed by atoms with van der Waals surface area (Å²) < 4.78 is 11.2. The van der Waals surface area contributed by atoms with Gasteiger partial charge in [-0.2, -0.15) is 0 Å². The molecule has 2 N–H and O–H groups in total. The summed E-state index contributed by atoms with van der Waals surface area (Å²) in [5.74, 6) is 0.592. The van der Waals surface area contributed by atoms with Crippen LogP contribution in [-0.4, -0.2) is 30.0 Å². The molecular weight excluding hydrogens is 399 g/mol. The molecule has 0 spiro atoms. The molecule has 0 unspecified atom stereocenters. The van der Waals surface area contributed by atoms with Gasteiger partial charge in [-0.1, -0.05) is 29.3 Å². The first-order valence-electron chi connectivity index (χ1n) is 8.19. The Morgan fingerprint density at radius 3 is 2.58 bits per heavy atom. The predicted octanol–water partition coefficient (Wildman–Crippen LogP) is 4.29. The molecule has 1 aromatic carbocycles. The highest BCUT2D eigenvalue weighted by atomic mass is 35.5. The number of furan rings is 1. The molecule has 8 heteroatoms. The highest BCUT2D eigenvalue weighted by Gasteiger charge is 2.25. The van der Waals surface area contributed by atoms with Gasteiger partial charge in [-0.05, 0) is 36.6 Å². The molecule has 142 valence electrons. The van der Waals surface area contributed by atoms with E-state index in [1.807, 2.05) is 17.0 Å². The largest absolute Gasteiger partial charge is 0.467 e. The fraction of sp³-hybridized carbons (Fsp3) is 0.389. The number of carbonyl (C=O) groups is 1. The van der Waals surface area contributed by atoms with Gasteiger partial charge in [-0.3, -0.25) is 4.79 Å². The summed E-state index contributed by atoms with van der Waals surface area (Å²) in [5.41, 5.74) is 7.05. The second-order valence-corrected chi connectivity index (χ2v) is 6.87. The van der Waals surface area contributed by atoms with Crippen molar-refractivity contribution < 1.29 is 13.9 Å². The van der Waals surface area contributed by atoms with Crippen LogP contribution in [0.2, 0.25) is 10.0 Å². The van der Waals surface area contributed by atoms with Crippen molar-refractivity contribution in [1.82, 2.24) is 4.90 Å². The Kier molecular flexibility index (Phi) is 7.80. The monoisotopic (exact) mass is 418 g/mol. The molecular formula is C18H21Cl3N2O3. The average molecular weight is 420 g/mol. The minimum absolute atomic E-state index is 0. The summed E-state index contributed by atoms with van der Waals surface area (Å²) in [7, 11) is 0. The maximum Gasteiger partial charge on any atom is 0.257 e. The van der Waals surface area contributed by atoms with Crippen LogP contribution in [0.5, 0.6) is 0 Å². The molecule has 0 radical (unpaired) electrons. The van der Waals surface area contributed by atoms with E-state index < -0.39 is 0 Å². The summed E-state index contributed by atoms with van der Waals surface area (Å²) in [5, 5.41) is 1.06. The van der Waals surface area contributed by atoms with Crippen molar-refractivity contribution in [3.63, 3.8) is 0 Å². The van der Waals surface area contributed by atoms with Crippen LogP contribution in [0.25, 0.3) is 0 Å². The van der Waals surface area contributed by atoms with E-state index in [9.17, 15) is 4.79 Å². The van der Waals surface area contributed by atoms with Gasteiger partial charge in [0.1, 0.15) is 12.0 Å². The number of hydrogen-bond acceptors (Lipinski definition) is 4. The zero-order valence-electron chi connectivity index (χ0n) is 14.1. The van der Waals surface area contributed by atoms with Crippen LogP contribution in [0.3, 0.4) is 0 Å². The molecule has 1 amide bonds. The van der Waals surface area contributed by atoms with Crippen molar-refractivity contribution in [2.75, 3.05) is 13.1 Å². The van der Waals surface area contributed by atoms with Gasteiger partial charge in [0, 0.05) is 13.1 Å². The molecule has 1 aliphatic heterocycles. The molecule has 2 heterocycles. The van der Waals surface area contributed by atoms with Crippen molar-refractivity contribution in [3.8, 4) is 0 Å². The van der Waals surface area contributed by atoms with Crippen molar-refractivity contribution in [1.29, 1.82) is 0 Å². The highest BCUT2D eigenvalue weighted by molar-refractivity contribution is 6.42. The summed E-state index contributed by atoms with van der Waals surface area (Å²) in [6.07, 6.45) is 3.20.